The summed E-state index contributed by atoms with van der Waals surface area (Å²) in [7, 11) is 2.73. The number of pyridine rings is 1. The van der Waals surface area contributed by atoms with Gasteiger partial charge in [-0.15, -0.1) is 0 Å². The molecule has 1 heterocycles. The van der Waals surface area contributed by atoms with E-state index in [0.29, 0.717) is 0 Å². The summed E-state index contributed by atoms with van der Waals surface area (Å²) in [6.45, 7) is 0. The van der Waals surface area contributed by atoms with Crippen LogP contribution in [0.1, 0.15) is 0 Å². The molecule has 0 aliphatic rings. The van der Waals surface area contributed by atoms with Gasteiger partial charge in [0.1, 0.15) is 0 Å². The monoisotopic (exact) mass is 191 g/mol. The van der Waals surface area contributed by atoms with E-state index < -0.39 is 5.82 Å². The lowest BCUT2D eigenvalue weighted by molar-refractivity contribution is 0.335. The second-order valence-electron chi connectivity index (χ2n) is 1.96. The zero-order valence-corrected chi connectivity index (χ0v) is 7.35. The summed E-state index contributed by atoms with van der Waals surface area (Å²) in [4.78, 5) is 3.54. The van der Waals surface area contributed by atoms with Crippen molar-refractivity contribution in [1.29, 1.82) is 0 Å². The number of hydrogen-bond donors (Lipinski definition) is 0. The first-order chi connectivity index (χ1) is 5.70. The van der Waals surface area contributed by atoms with Gasteiger partial charge in [0.15, 0.2) is 10.9 Å². The fourth-order valence-electron chi connectivity index (χ4n) is 0.768. The molecule has 1 aromatic rings. The smallest absolute Gasteiger partial charge is 0.206 e. The summed E-state index contributed by atoms with van der Waals surface area (Å²) in [6, 6.07) is 0. The van der Waals surface area contributed by atoms with Crippen molar-refractivity contribution < 1.29 is 13.9 Å². The Morgan fingerprint density at radius 1 is 1.42 bits per heavy atom. The van der Waals surface area contributed by atoms with E-state index in [1.165, 1.54) is 20.4 Å². The first-order valence-electron chi connectivity index (χ1n) is 3.12. The van der Waals surface area contributed by atoms with Crippen LogP contribution in [0.4, 0.5) is 4.39 Å². The fourth-order valence-corrected chi connectivity index (χ4v) is 0.903. The van der Waals surface area contributed by atoms with Crippen LogP contribution in [0.15, 0.2) is 6.20 Å². The Hall–Kier alpha value is -1.03. The Labute approximate surface area is 74.1 Å². The minimum atomic E-state index is -0.710. The molecule has 0 radical (unpaired) electrons. The molecule has 0 bridgehead atoms. The van der Waals surface area contributed by atoms with Crippen LogP contribution in [-0.4, -0.2) is 19.2 Å². The molecule has 0 saturated carbocycles. The quantitative estimate of drug-likeness (QED) is 0.669. The molecule has 0 aliphatic carbocycles. The van der Waals surface area contributed by atoms with E-state index in [4.69, 9.17) is 21.1 Å². The fraction of sp³-hybridized carbons (Fsp3) is 0.286. The average molecular weight is 192 g/mol. The highest BCUT2D eigenvalue weighted by atomic mass is 35.5. The SMILES string of the molecule is COc1cnc(Cl)c(F)c1OC. The van der Waals surface area contributed by atoms with E-state index in [2.05, 4.69) is 4.98 Å². The maximum absolute atomic E-state index is 13.1. The third kappa shape index (κ3) is 1.43. The second kappa shape index (κ2) is 3.58. The van der Waals surface area contributed by atoms with Crippen LogP contribution in [0.5, 0.6) is 11.5 Å². The molecule has 0 aliphatic heterocycles. The molecule has 0 saturated heterocycles. The van der Waals surface area contributed by atoms with Crippen LogP contribution in [0.3, 0.4) is 0 Å². The van der Waals surface area contributed by atoms with E-state index in [9.17, 15) is 4.39 Å². The maximum atomic E-state index is 13.1. The van der Waals surface area contributed by atoms with E-state index in [0.717, 1.165) is 0 Å². The normalized spacial score (nSPS) is 9.67. The Balaban J connectivity index is 3.25. The molecule has 0 amide bonds. The summed E-state index contributed by atoms with van der Waals surface area (Å²) in [5, 5.41) is -0.229. The lowest BCUT2D eigenvalue weighted by Crippen LogP contribution is -1.95. The molecule has 12 heavy (non-hydrogen) atoms. The van der Waals surface area contributed by atoms with E-state index >= 15 is 0 Å². The van der Waals surface area contributed by atoms with Gasteiger partial charge in [0, 0.05) is 0 Å². The van der Waals surface area contributed by atoms with Crippen molar-refractivity contribution in [3.05, 3.63) is 17.2 Å². The highest BCUT2D eigenvalue weighted by Gasteiger charge is 2.14. The van der Waals surface area contributed by atoms with Crippen LogP contribution >= 0.6 is 11.6 Å². The van der Waals surface area contributed by atoms with Crippen LogP contribution in [0.25, 0.3) is 0 Å². The van der Waals surface area contributed by atoms with Crippen LogP contribution in [-0.2, 0) is 0 Å². The minimum absolute atomic E-state index is 0.0301. The topological polar surface area (TPSA) is 31.4 Å². The Bertz CT molecular complexity index is 293. The summed E-state index contributed by atoms with van der Waals surface area (Å²) in [6.07, 6.45) is 1.30. The zero-order chi connectivity index (χ0) is 9.14. The van der Waals surface area contributed by atoms with Crippen molar-refractivity contribution in [3.8, 4) is 11.5 Å². The van der Waals surface area contributed by atoms with Gasteiger partial charge in [-0.05, 0) is 0 Å². The largest absolute Gasteiger partial charge is 0.491 e. The third-order valence-electron chi connectivity index (χ3n) is 1.32. The second-order valence-corrected chi connectivity index (χ2v) is 2.32. The van der Waals surface area contributed by atoms with Crippen molar-refractivity contribution in [1.82, 2.24) is 4.98 Å². The average Bonchev–Trinajstić information content (AvgIpc) is 2.09. The number of hydrogen-bond acceptors (Lipinski definition) is 3. The molecule has 0 unspecified atom stereocenters. The molecule has 0 N–H and O–H groups in total. The van der Waals surface area contributed by atoms with Crippen molar-refractivity contribution >= 4 is 11.6 Å². The molecular weight excluding hydrogens is 185 g/mol. The molecule has 1 aromatic heterocycles. The lowest BCUT2D eigenvalue weighted by Gasteiger charge is -2.07. The van der Waals surface area contributed by atoms with Crippen molar-refractivity contribution in [2.24, 2.45) is 0 Å². The Kier molecular flexibility index (Phi) is 2.70. The number of aromatic nitrogens is 1. The zero-order valence-electron chi connectivity index (χ0n) is 6.60. The number of nitrogens with zero attached hydrogens (tertiary/aromatic N) is 1. The van der Waals surface area contributed by atoms with Gasteiger partial charge >= 0.3 is 0 Å². The summed E-state index contributed by atoms with van der Waals surface area (Å²) in [5.41, 5.74) is 0. The molecule has 0 spiro atoms. The first kappa shape index (κ1) is 9.06. The third-order valence-corrected chi connectivity index (χ3v) is 1.59. The van der Waals surface area contributed by atoms with Gasteiger partial charge in [-0.25, -0.2) is 4.98 Å². The highest BCUT2D eigenvalue weighted by molar-refractivity contribution is 6.29. The number of ether oxygens (including phenoxy) is 2. The van der Waals surface area contributed by atoms with Crippen molar-refractivity contribution in [2.75, 3.05) is 14.2 Å². The van der Waals surface area contributed by atoms with Gasteiger partial charge in [-0.1, -0.05) is 11.6 Å². The number of halogens is 2. The molecule has 0 aromatic carbocycles. The molecule has 0 fully saturated rings. The van der Waals surface area contributed by atoms with Crippen molar-refractivity contribution in [3.63, 3.8) is 0 Å². The molecule has 1 rings (SSSR count). The van der Waals surface area contributed by atoms with Gasteiger partial charge in [0.25, 0.3) is 0 Å². The molecule has 5 heteroatoms. The van der Waals surface area contributed by atoms with E-state index in [-0.39, 0.29) is 16.7 Å². The van der Waals surface area contributed by atoms with Crippen LogP contribution in [0.2, 0.25) is 5.15 Å². The first-order valence-corrected chi connectivity index (χ1v) is 3.50. The molecular formula is C7H7ClFNO2. The minimum Gasteiger partial charge on any atom is -0.491 e. The van der Waals surface area contributed by atoms with Gasteiger partial charge in [0.2, 0.25) is 11.6 Å². The predicted octanol–water partition coefficient (Wildman–Crippen LogP) is 1.89. The molecule has 0 atom stereocenters. The van der Waals surface area contributed by atoms with E-state index in [1.807, 2.05) is 0 Å². The Morgan fingerprint density at radius 3 is 2.58 bits per heavy atom. The van der Waals surface area contributed by atoms with Gasteiger partial charge in [0.05, 0.1) is 20.4 Å². The predicted molar refractivity (Wildman–Crippen MR) is 42.3 cm³/mol. The van der Waals surface area contributed by atoms with Crippen molar-refractivity contribution in [2.45, 2.75) is 0 Å². The van der Waals surface area contributed by atoms with Gasteiger partial charge in [-0.2, -0.15) is 4.39 Å². The van der Waals surface area contributed by atoms with Gasteiger partial charge in [-0.3, -0.25) is 0 Å². The van der Waals surface area contributed by atoms with Crippen LogP contribution in [0, 0.1) is 5.82 Å². The van der Waals surface area contributed by atoms with E-state index in [1.54, 1.807) is 0 Å². The number of methoxy groups -OCH3 is 2. The molecule has 66 valence electrons. The highest BCUT2D eigenvalue weighted by Crippen LogP contribution is 2.31. The molecule has 3 nitrogen and oxygen atoms in total. The maximum Gasteiger partial charge on any atom is 0.206 e. The lowest BCUT2D eigenvalue weighted by atomic mass is 10.4. The standard InChI is InChI=1S/C7H7ClFNO2/c1-11-4-3-10-7(8)5(9)6(4)12-2/h3H,1-2H3. The summed E-state index contributed by atoms with van der Waals surface area (Å²) >= 11 is 5.40. The van der Waals surface area contributed by atoms with Gasteiger partial charge < -0.3 is 9.47 Å². The summed E-state index contributed by atoms with van der Waals surface area (Å²) < 4.78 is 22.6. The number of rotatable bonds is 2. The Morgan fingerprint density at radius 2 is 2.08 bits per heavy atom. The van der Waals surface area contributed by atoms with Crippen LogP contribution < -0.4 is 9.47 Å². The summed E-state index contributed by atoms with van der Waals surface area (Å²) in [5.74, 6) is -0.518.